The highest BCUT2D eigenvalue weighted by Gasteiger charge is 2.50. The van der Waals surface area contributed by atoms with Crippen molar-refractivity contribution in [3.05, 3.63) is 0 Å². The maximum absolute atomic E-state index is 11.0. The number of carboxylic acid groups (broad SMARTS) is 1. The van der Waals surface area contributed by atoms with E-state index in [-0.39, 0.29) is 17.4 Å². The number of hydrogen-bond acceptors (Lipinski definition) is 2. The van der Waals surface area contributed by atoms with Crippen LogP contribution in [0.1, 0.15) is 40.0 Å². The molecule has 1 aliphatic rings. The second kappa shape index (κ2) is 3.78. The Morgan fingerprint density at radius 1 is 1.47 bits per heavy atom. The predicted molar refractivity (Wildman–Crippen MR) is 60.8 cm³/mol. The van der Waals surface area contributed by atoms with Gasteiger partial charge < -0.3 is 10.0 Å². The summed E-state index contributed by atoms with van der Waals surface area (Å²) in [5, 5.41) is 9.05. The summed E-state index contributed by atoms with van der Waals surface area (Å²) in [6, 6.07) is 0. The molecule has 0 spiro atoms. The average Bonchev–Trinajstić information content (AvgIpc) is 2.20. The van der Waals surface area contributed by atoms with Gasteiger partial charge in [0, 0.05) is 5.54 Å². The summed E-state index contributed by atoms with van der Waals surface area (Å²) in [5.41, 5.74) is 0.106. The molecule has 2 unspecified atom stereocenters. The minimum Gasteiger partial charge on any atom is -0.481 e. The first-order valence-electron chi connectivity index (χ1n) is 5.59. The van der Waals surface area contributed by atoms with E-state index in [1.165, 1.54) is 0 Å². The highest BCUT2D eigenvalue weighted by molar-refractivity contribution is 5.68. The molecule has 1 N–H and O–H groups in total. The van der Waals surface area contributed by atoms with E-state index < -0.39 is 5.97 Å². The molecule has 0 bridgehead atoms. The number of aliphatic carboxylic acids is 1. The molecule has 15 heavy (non-hydrogen) atoms. The lowest BCUT2D eigenvalue weighted by Gasteiger charge is -2.39. The summed E-state index contributed by atoms with van der Waals surface area (Å²) in [5.74, 6) is -0.244. The number of hydrogen-bond donors (Lipinski definition) is 1. The summed E-state index contributed by atoms with van der Waals surface area (Å²) in [6.45, 7) is 6.64. The Labute approximate surface area is 92.5 Å². The molecule has 0 amide bonds. The lowest BCUT2D eigenvalue weighted by molar-refractivity contribution is -0.140. The van der Waals surface area contributed by atoms with Gasteiger partial charge in [-0.15, -0.1) is 0 Å². The Morgan fingerprint density at radius 3 is 2.27 bits per heavy atom. The Balaban J connectivity index is 2.97. The third-order valence-electron chi connectivity index (χ3n) is 3.91. The molecule has 0 aliphatic heterocycles. The van der Waals surface area contributed by atoms with Crippen LogP contribution in [0.25, 0.3) is 0 Å². The Bertz CT molecular complexity index is 260. The van der Waals surface area contributed by atoms with Crippen LogP contribution in [0.3, 0.4) is 0 Å². The molecule has 0 aromatic heterocycles. The van der Waals surface area contributed by atoms with Crippen LogP contribution in [-0.2, 0) is 4.79 Å². The molecule has 3 heteroatoms. The zero-order valence-electron chi connectivity index (χ0n) is 10.5. The van der Waals surface area contributed by atoms with Crippen LogP contribution >= 0.6 is 0 Å². The smallest absolute Gasteiger partial charge is 0.305 e. The van der Waals surface area contributed by atoms with E-state index in [0.717, 1.165) is 12.8 Å². The summed E-state index contributed by atoms with van der Waals surface area (Å²) in [4.78, 5) is 13.1. The standard InChI is InChI=1S/C12H23NO2/c1-9-6-11(2,3)8-12(9,13(4)5)7-10(14)15/h9H,6-8H2,1-5H3,(H,14,15). The largest absolute Gasteiger partial charge is 0.481 e. The molecule has 88 valence electrons. The van der Waals surface area contributed by atoms with Gasteiger partial charge in [0.1, 0.15) is 0 Å². The van der Waals surface area contributed by atoms with Crippen molar-refractivity contribution in [3.63, 3.8) is 0 Å². The van der Waals surface area contributed by atoms with Gasteiger partial charge in [-0.25, -0.2) is 0 Å². The monoisotopic (exact) mass is 213 g/mol. The molecular weight excluding hydrogens is 190 g/mol. The van der Waals surface area contributed by atoms with Gasteiger partial charge >= 0.3 is 5.97 Å². The van der Waals surface area contributed by atoms with Gasteiger partial charge in [-0.1, -0.05) is 20.8 Å². The van der Waals surface area contributed by atoms with E-state index in [4.69, 9.17) is 5.11 Å². The van der Waals surface area contributed by atoms with E-state index in [1.807, 2.05) is 14.1 Å². The van der Waals surface area contributed by atoms with Crippen molar-refractivity contribution in [2.75, 3.05) is 14.1 Å². The van der Waals surface area contributed by atoms with Crippen LogP contribution in [0.15, 0.2) is 0 Å². The average molecular weight is 213 g/mol. The van der Waals surface area contributed by atoms with Gasteiger partial charge in [0.05, 0.1) is 6.42 Å². The second-order valence-electron chi connectivity index (χ2n) is 6.01. The molecule has 0 saturated heterocycles. The molecule has 1 aliphatic carbocycles. The van der Waals surface area contributed by atoms with Crippen molar-refractivity contribution < 1.29 is 9.90 Å². The van der Waals surface area contributed by atoms with Crippen LogP contribution in [-0.4, -0.2) is 35.6 Å². The highest BCUT2D eigenvalue weighted by atomic mass is 16.4. The SMILES string of the molecule is CC1CC(C)(C)CC1(CC(=O)O)N(C)C. The molecule has 0 heterocycles. The first kappa shape index (κ1) is 12.5. The van der Waals surface area contributed by atoms with Crippen molar-refractivity contribution in [2.45, 2.75) is 45.6 Å². The van der Waals surface area contributed by atoms with Gasteiger partial charge in [-0.3, -0.25) is 4.79 Å². The van der Waals surface area contributed by atoms with Crippen molar-refractivity contribution in [2.24, 2.45) is 11.3 Å². The zero-order chi connectivity index (χ0) is 11.9. The third-order valence-corrected chi connectivity index (χ3v) is 3.91. The third kappa shape index (κ3) is 2.33. The summed E-state index contributed by atoms with van der Waals surface area (Å²) in [6.07, 6.45) is 2.34. The Hall–Kier alpha value is -0.570. The fourth-order valence-electron chi connectivity index (χ4n) is 3.35. The maximum atomic E-state index is 11.0. The Morgan fingerprint density at radius 2 is 2.00 bits per heavy atom. The quantitative estimate of drug-likeness (QED) is 0.781. The van der Waals surface area contributed by atoms with Gasteiger partial charge in [0.25, 0.3) is 0 Å². The molecule has 0 aromatic rings. The predicted octanol–water partition coefficient (Wildman–Crippen LogP) is 2.22. The van der Waals surface area contributed by atoms with E-state index in [1.54, 1.807) is 0 Å². The van der Waals surface area contributed by atoms with E-state index in [2.05, 4.69) is 25.7 Å². The van der Waals surface area contributed by atoms with Crippen molar-refractivity contribution >= 4 is 5.97 Å². The van der Waals surface area contributed by atoms with Crippen LogP contribution < -0.4 is 0 Å². The fraction of sp³-hybridized carbons (Fsp3) is 0.917. The minimum atomic E-state index is -0.687. The summed E-state index contributed by atoms with van der Waals surface area (Å²) < 4.78 is 0. The summed E-state index contributed by atoms with van der Waals surface area (Å²) in [7, 11) is 4.00. The normalized spacial score (nSPS) is 34.7. The van der Waals surface area contributed by atoms with Crippen molar-refractivity contribution in [3.8, 4) is 0 Å². The van der Waals surface area contributed by atoms with Crippen LogP contribution in [0.5, 0.6) is 0 Å². The number of nitrogens with zero attached hydrogens (tertiary/aromatic N) is 1. The van der Waals surface area contributed by atoms with E-state index in [9.17, 15) is 4.79 Å². The first-order chi connectivity index (χ1) is 6.69. The van der Waals surface area contributed by atoms with Gasteiger partial charge in [-0.05, 0) is 38.3 Å². The topological polar surface area (TPSA) is 40.5 Å². The molecule has 3 nitrogen and oxygen atoms in total. The molecule has 2 atom stereocenters. The Kier molecular flexibility index (Phi) is 3.15. The highest BCUT2D eigenvalue weighted by Crippen LogP contribution is 2.51. The van der Waals surface area contributed by atoms with Crippen LogP contribution in [0.2, 0.25) is 0 Å². The van der Waals surface area contributed by atoms with Crippen molar-refractivity contribution in [1.82, 2.24) is 4.90 Å². The molecular formula is C12H23NO2. The zero-order valence-corrected chi connectivity index (χ0v) is 10.5. The van der Waals surface area contributed by atoms with E-state index >= 15 is 0 Å². The number of rotatable bonds is 3. The van der Waals surface area contributed by atoms with Crippen LogP contribution in [0, 0.1) is 11.3 Å². The minimum absolute atomic E-state index is 0.157. The first-order valence-corrected chi connectivity index (χ1v) is 5.59. The van der Waals surface area contributed by atoms with E-state index in [0.29, 0.717) is 5.92 Å². The fourth-order valence-corrected chi connectivity index (χ4v) is 3.35. The number of carboxylic acids is 1. The molecule has 0 radical (unpaired) electrons. The van der Waals surface area contributed by atoms with Crippen molar-refractivity contribution in [1.29, 1.82) is 0 Å². The summed E-state index contributed by atoms with van der Waals surface area (Å²) >= 11 is 0. The van der Waals surface area contributed by atoms with Crippen LogP contribution in [0.4, 0.5) is 0 Å². The molecule has 1 saturated carbocycles. The van der Waals surface area contributed by atoms with Gasteiger partial charge in [0.2, 0.25) is 0 Å². The molecule has 1 fully saturated rings. The lowest BCUT2D eigenvalue weighted by atomic mass is 9.82. The lowest BCUT2D eigenvalue weighted by Crippen LogP contribution is -2.48. The molecule has 1 rings (SSSR count). The number of carbonyl (C=O) groups is 1. The van der Waals surface area contributed by atoms with Gasteiger partial charge in [-0.2, -0.15) is 0 Å². The molecule has 0 aromatic carbocycles. The second-order valence-corrected chi connectivity index (χ2v) is 6.01. The maximum Gasteiger partial charge on any atom is 0.305 e. The van der Waals surface area contributed by atoms with Gasteiger partial charge in [0.15, 0.2) is 0 Å².